The van der Waals surface area contributed by atoms with Crippen LogP contribution in [-0.4, -0.2) is 14.2 Å². The lowest BCUT2D eigenvalue weighted by Crippen LogP contribution is -2.33. The highest BCUT2D eigenvalue weighted by Gasteiger charge is 2.41. The summed E-state index contributed by atoms with van der Waals surface area (Å²) in [5, 5.41) is 2.47. The summed E-state index contributed by atoms with van der Waals surface area (Å²) in [6, 6.07) is 37.3. The number of allylic oxidation sites excluding steroid dienone is 5. The third-order valence-electron chi connectivity index (χ3n) is 9.91. The summed E-state index contributed by atoms with van der Waals surface area (Å²) in [4.78, 5) is 0. The predicted molar refractivity (Wildman–Crippen MR) is 185 cm³/mol. The van der Waals surface area contributed by atoms with Crippen LogP contribution in [0.2, 0.25) is 0 Å². The fraction of sp³-hybridized carbons (Fsp3) is 0.190. The Hall–Kier alpha value is -4.82. The lowest BCUT2D eigenvalue weighted by atomic mass is 9.61. The number of rotatable bonds is 6. The maximum Gasteiger partial charge on any atom is 0.119 e. The minimum atomic E-state index is -0.288. The summed E-state index contributed by atoms with van der Waals surface area (Å²) < 4.78 is 11.6. The Morgan fingerprint density at radius 1 is 0.568 bits per heavy atom. The maximum absolute atomic E-state index is 5.85. The summed E-state index contributed by atoms with van der Waals surface area (Å²) in [6.45, 7) is 4.81. The molecule has 0 N–H and O–H groups in total. The molecule has 5 aromatic rings. The van der Waals surface area contributed by atoms with Crippen LogP contribution in [0.3, 0.4) is 0 Å². The van der Waals surface area contributed by atoms with Gasteiger partial charge in [-0.2, -0.15) is 0 Å². The number of hydrogen-bond donors (Lipinski definition) is 0. The van der Waals surface area contributed by atoms with Crippen LogP contribution in [0.25, 0.3) is 33.5 Å². The standard InChI is InChI=1S/C42H38O2/c1-41(26-12-16-30-14-6-8-19-37(30)41)40-28-32(44-4)22-24-39(40)42(2)25-10-9-20-38(42)35-23-21-31(43-3)27-36(35)34-18-11-15-29-13-5-7-17-33(29)34/h5-24,27-28H,25-26H2,1-4H3. The quantitative estimate of drug-likeness (QED) is 0.201. The van der Waals surface area contributed by atoms with Crippen molar-refractivity contribution in [2.45, 2.75) is 37.5 Å². The van der Waals surface area contributed by atoms with E-state index in [4.69, 9.17) is 9.47 Å². The lowest BCUT2D eigenvalue weighted by Gasteiger charge is -2.42. The number of fused-ring (bicyclic) bond motifs is 2. The highest BCUT2D eigenvalue weighted by Crippen LogP contribution is 2.52. The molecule has 2 nitrogen and oxygen atoms in total. The van der Waals surface area contributed by atoms with Crippen LogP contribution in [0.5, 0.6) is 11.5 Å². The number of methoxy groups -OCH3 is 2. The Bertz CT molecular complexity index is 1970. The minimum absolute atomic E-state index is 0.205. The van der Waals surface area contributed by atoms with Gasteiger partial charge in [-0.15, -0.1) is 0 Å². The molecule has 0 fully saturated rings. The molecule has 0 bridgehead atoms. The third kappa shape index (κ3) is 4.48. The first kappa shape index (κ1) is 28.0. The van der Waals surface area contributed by atoms with Crippen molar-refractivity contribution in [1.29, 1.82) is 0 Å². The van der Waals surface area contributed by atoms with Gasteiger partial charge in [0.2, 0.25) is 0 Å². The Kier molecular flexibility index (Phi) is 7.01. The SMILES string of the molecule is COc1ccc(C2=CC=CCC2(C)c2ccc(OC)cc2C2(C)CC=Cc3ccccc32)c(-c2cccc3ccccc23)c1. The molecule has 2 heteroatoms. The van der Waals surface area contributed by atoms with Crippen molar-refractivity contribution in [3.05, 3.63) is 155 Å². The van der Waals surface area contributed by atoms with E-state index in [2.05, 4.69) is 147 Å². The van der Waals surface area contributed by atoms with Gasteiger partial charge in [-0.05, 0) is 92.4 Å². The molecule has 2 aliphatic carbocycles. The fourth-order valence-electron chi connectivity index (χ4n) is 7.49. The van der Waals surface area contributed by atoms with Crippen molar-refractivity contribution in [1.82, 2.24) is 0 Å². The normalized spacial score (nSPS) is 20.7. The Labute approximate surface area is 261 Å². The molecule has 0 saturated carbocycles. The summed E-state index contributed by atoms with van der Waals surface area (Å²) in [7, 11) is 3.51. The fourth-order valence-corrected chi connectivity index (χ4v) is 7.49. The van der Waals surface area contributed by atoms with Gasteiger partial charge in [0.25, 0.3) is 0 Å². The largest absolute Gasteiger partial charge is 0.497 e. The molecule has 0 heterocycles. The second-order valence-corrected chi connectivity index (χ2v) is 12.4. The van der Waals surface area contributed by atoms with Crippen LogP contribution >= 0.6 is 0 Å². The van der Waals surface area contributed by atoms with Crippen LogP contribution in [0.4, 0.5) is 0 Å². The summed E-state index contributed by atoms with van der Waals surface area (Å²) >= 11 is 0. The third-order valence-corrected chi connectivity index (χ3v) is 9.91. The van der Waals surface area contributed by atoms with Gasteiger partial charge >= 0.3 is 0 Å². The first-order valence-corrected chi connectivity index (χ1v) is 15.5. The molecule has 0 radical (unpaired) electrons. The molecular weight excluding hydrogens is 536 g/mol. The van der Waals surface area contributed by atoms with E-state index >= 15 is 0 Å². The van der Waals surface area contributed by atoms with Gasteiger partial charge in [-0.1, -0.05) is 123 Å². The molecule has 7 rings (SSSR count). The predicted octanol–water partition coefficient (Wildman–Crippen LogP) is 10.5. The number of benzene rings is 5. The van der Waals surface area contributed by atoms with Crippen molar-refractivity contribution >= 4 is 22.4 Å². The Morgan fingerprint density at radius 3 is 2.16 bits per heavy atom. The van der Waals surface area contributed by atoms with Crippen LogP contribution < -0.4 is 9.47 Å². The molecule has 44 heavy (non-hydrogen) atoms. The van der Waals surface area contributed by atoms with E-state index in [9.17, 15) is 0 Å². The van der Waals surface area contributed by atoms with E-state index in [1.165, 1.54) is 55.3 Å². The molecule has 2 atom stereocenters. The van der Waals surface area contributed by atoms with E-state index in [-0.39, 0.29) is 10.8 Å². The van der Waals surface area contributed by atoms with Gasteiger partial charge in [0, 0.05) is 10.8 Å². The molecule has 0 aromatic heterocycles. The average Bonchev–Trinajstić information content (AvgIpc) is 3.08. The van der Waals surface area contributed by atoms with E-state index in [1.807, 2.05) is 0 Å². The van der Waals surface area contributed by atoms with Crippen LogP contribution in [0.1, 0.15) is 54.5 Å². The average molecular weight is 575 g/mol. The molecule has 0 saturated heterocycles. The second-order valence-electron chi connectivity index (χ2n) is 12.4. The van der Waals surface area contributed by atoms with Crippen LogP contribution in [0.15, 0.2) is 127 Å². The van der Waals surface area contributed by atoms with Gasteiger partial charge in [0.15, 0.2) is 0 Å². The smallest absolute Gasteiger partial charge is 0.119 e. The van der Waals surface area contributed by atoms with Crippen molar-refractivity contribution in [2.75, 3.05) is 14.2 Å². The Morgan fingerprint density at radius 2 is 1.30 bits per heavy atom. The highest BCUT2D eigenvalue weighted by atomic mass is 16.5. The van der Waals surface area contributed by atoms with Crippen LogP contribution in [-0.2, 0) is 10.8 Å². The molecule has 218 valence electrons. The van der Waals surface area contributed by atoms with Crippen molar-refractivity contribution in [3.63, 3.8) is 0 Å². The zero-order valence-corrected chi connectivity index (χ0v) is 25.9. The molecule has 0 amide bonds. The van der Waals surface area contributed by atoms with E-state index in [0.717, 1.165) is 24.3 Å². The zero-order chi connectivity index (χ0) is 30.3. The summed E-state index contributed by atoms with van der Waals surface area (Å²) in [5.74, 6) is 1.74. The van der Waals surface area contributed by atoms with E-state index in [0.29, 0.717) is 0 Å². The van der Waals surface area contributed by atoms with Gasteiger partial charge in [-0.3, -0.25) is 0 Å². The lowest BCUT2D eigenvalue weighted by molar-refractivity contribution is 0.411. The monoisotopic (exact) mass is 574 g/mol. The molecule has 5 aromatic carbocycles. The van der Waals surface area contributed by atoms with Crippen molar-refractivity contribution < 1.29 is 9.47 Å². The number of hydrogen-bond acceptors (Lipinski definition) is 2. The molecule has 0 aliphatic heterocycles. The minimum Gasteiger partial charge on any atom is -0.497 e. The molecular formula is C42H38O2. The first-order chi connectivity index (χ1) is 21.5. The molecule has 2 unspecified atom stereocenters. The summed E-state index contributed by atoms with van der Waals surface area (Å²) in [6.07, 6.45) is 13.3. The number of ether oxygens (including phenoxy) is 2. The summed E-state index contributed by atoms with van der Waals surface area (Å²) in [5.41, 5.74) is 9.73. The van der Waals surface area contributed by atoms with Gasteiger partial charge in [0.1, 0.15) is 11.5 Å². The van der Waals surface area contributed by atoms with Gasteiger partial charge < -0.3 is 9.47 Å². The molecule has 0 spiro atoms. The molecule has 2 aliphatic rings. The Balaban J connectivity index is 1.46. The second kappa shape index (κ2) is 11.0. The van der Waals surface area contributed by atoms with Crippen LogP contribution in [0, 0.1) is 0 Å². The van der Waals surface area contributed by atoms with Crippen molar-refractivity contribution in [2.24, 2.45) is 0 Å². The van der Waals surface area contributed by atoms with E-state index < -0.39 is 0 Å². The highest BCUT2D eigenvalue weighted by molar-refractivity contribution is 6.00. The van der Waals surface area contributed by atoms with Gasteiger partial charge in [0.05, 0.1) is 14.2 Å². The first-order valence-electron chi connectivity index (χ1n) is 15.5. The van der Waals surface area contributed by atoms with E-state index in [1.54, 1.807) is 14.2 Å². The maximum atomic E-state index is 5.85. The van der Waals surface area contributed by atoms with Crippen molar-refractivity contribution in [3.8, 4) is 22.6 Å². The zero-order valence-electron chi connectivity index (χ0n) is 25.9. The van der Waals surface area contributed by atoms with Gasteiger partial charge in [-0.25, -0.2) is 0 Å². The topological polar surface area (TPSA) is 18.5 Å².